The van der Waals surface area contributed by atoms with Crippen LogP contribution in [0.5, 0.6) is 0 Å². The van der Waals surface area contributed by atoms with Crippen molar-refractivity contribution in [3.8, 4) is 0 Å². The van der Waals surface area contributed by atoms with E-state index in [0.717, 1.165) is 0 Å². The topological polar surface area (TPSA) is 111 Å². The van der Waals surface area contributed by atoms with Gasteiger partial charge in [-0.2, -0.15) is 4.57 Å². The molecule has 0 amide bonds. The third-order valence-electron chi connectivity index (χ3n) is 2.43. The fraction of sp³-hybridized carbons (Fsp3) is 0.444. The summed E-state index contributed by atoms with van der Waals surface area (Å²) in [6.07, 6.45) is 3.13. The van der Waals surface area contributed by atoms with E-state index < -0.39 is 23.4 Å². The number of aliphatic hydroxyl groups excluding tert-OH is 2. The van der Waals surface area contributed by atoms with E-state index in [9.17, 15) is 15.2 Å². The molecule has 2 N–H and O–H groups in total. The molecule has 0 radical (unpaired) electrons. The molecular formula is C9H11N3O5. The fourth-order valence-corrected chi connectivity index (χ4v) is 1.59. The molecule has 2 rings (SSSR count). The second-order valence-electron chi connectivity index (χ2n) is 3.51. The first-order valence-corrected chi connectivity index (χ1v) is 4.93. The highest BCUT2D eigenvalue weighted by atomic mass is 16.6. The van der Waals surface area contributed by atoms with Crippen LogP contribution in [-0.4, -0.2) is 43.5 Å². The van der Waals surface area contributed by atoms with Crippen molar-refractivity contribution in [3.05, 3.63) is 34.7 Å². The van der Waals surface area contributed by atoms with Gasteiger partial charge in [0.05, 0.1) is 6.61 Å². The van der Waals surface area contributed by atoms with Gasteiger partial charge in [-0.1, -0.05) is 11.1 Å². The van der Waals surface area contributed by atoms with Crippen molar-refractivity contribution in [2.24, 2.45) is 0 Å². The number of nitro groups is 1. The Hall–Kier alpha value is -1.77. The maximum atomic E-state index is 10.7. The second-order valence-corrected chi connectivity index (χ2v) is 3.51. The molecule has 3 atom stereocenters. The van der Waals surface area contributed by atoms with Crippen LogP contribution >= 0.6 is 0 Å². The summed E-state index contributed by atoms with van der Waals surface area (Å²) < 4.78 is 6.53. The van der Waals surface area contributed by atoms with Crippen LogP contribution < -0.4 is 0 Å². The summed E-state index contributed by atoms with van der Waals surface area (Å²) in [4.78, 5) is 13.6. The Bertz CT molecular complexity index is 444. The van der Waals surface area contributed by atoms with Crippen LogP contribution in [0, 0.1) is 10.1 Å². The monoisotopic (exact) mass is 241 g/mol. The minimum Gasteiger partial charge on any atom is -0.394 e. The molecule has 0 bridgehead atoms. The normalized spacial score (nSPS) is 28.2. The van der Waals surface area contributed by atoms with Crippen LogP contribution in [-0.2, 0) is 4.74 Å². The van der Waals surface area contributed by atoms with Crippen molar-refractivity contribution in [2.45, 2.75) is 18.4 Å². The Morgan fingerprint density at radius 1 is 1.59 bits per heavy atom. The Kier molecular flexibility index (Phi) is 3.18. The molecule has 0 spiro atoms. The number of imidazole rings is 1. The van der Waals surface area contributed by atoms with E-state index in [0.29, 0.717) is 0 Å². The quantitative estimate of drug-likeness (QED) is 0.423. The second kappa shape index (κ2) is 4.62. The molecule has 1 aromatic rings. The van der Waals surface area contributed by atoms with Gasteiger partial charge in [0.15, 0.2) is 0 Å². The minimum atomic E-state index is -0.918. The van der Waals surface area contributed by atoms with Gasteiger partial charge in [-0.3, -0.25) is 0 Å². The molecule has 8 heteroatoms. The Labute approximate surface area is 95.9 Å². The van der Waals surface area contributed by atoms with Gasteiger partial charge >= 0.3 is 5.95 Å². The van der Waals surface area contributed by atoms with Crippen LogP contribution in [0.3, 0.4) is 0 Å². The first-order valence-electron chi connectivity index (χ1n) is 4.93. The summed E-state index contributed by atoms with van der Waals surface area (Å²) in [5, 5.41) is 29.1. The number of aromatic nitrogens is 2. The molecule has 92 valence electrons. The maximum Gasteiger partial charge on any atom is 0.436 e. The third-order valence-corrected chi connectivity index (χ3v) is 2.43. The highest BCUT2D eigenvalue weighted by molar-refractivity contribution is 5.12. The molecule has 1 aliphatic heterocycles. The predicted molar refractivity (Wildman–Crippen MR) is 55.0 cm³/mol. The van der Waals surface area contributed by atoms with E-state index in [2.05, 4.69) is 4.98 Å². The van der Waals surface area contributed by atoms with Crippen LogP contribution in [0.4, 0.5) is 5.95 Å². The van der Waals surface area contributed by atoms with E-state index >= 15 is 0 Å². The zero-order valence-corrected chi connectivity index (χ0v) is 8.71. The summed E-state index contributed by atoms with van der Waals surface area (Å²) in [7, 11) is 0. The average molecular weight is 241 g/mol. The maximum absolute atomic E-state index is 10.7. The summed E-state index contributed by atoms with van der Waals surface area (Å²) in [5.74, 6) is -0.354. The zero-order valence-electron chi connectivity index (χ0n) is 8.71. The molecular weight excluding hydrogens is 230 g/mol. The lowest BCUT2D eigenvalue weighted by Crippen LogP contribution is -2.36. The van der Waals surface area contributed by atoms with Gasteiger partial charge < -0.3 is 25.1 Å². The predicted octanol–water partition coefficient (Wildman–Crippen LogP) is -0.402. The van der Waals surface area contributed by atoms with Crippen molar-refractivity contribution >= 4 is 5.95 Å². The summed E-state index contributed by atoms with van der Waals surface area (Å²) in [6.45, 7) is -0.371. The molecule has 0 unspecified atom stereocenters. The van der Waals surface area contributed by atoms with Crippen molar-refractivity contribution in [3.63, 3.8) is 0 Å². The van der Waals surface area contributed by atoms with Gasteiger partial charge in [0.25, 0.3) is 0 Å². The number of rotatable bonds is 3. The van der Waals surface area contributed by atoms with Crippen LogP contribution in [0.2, 0.25) is 0 Å². The van der Waals surface area contributed by atoms with Gasteiger partial charge in [0.1, 0.15) is 24.6 Å². The molecule has 1 aliphatic rings. The lowest BCUT2D eigenvalue weighted by Gasteiger charge is -2.27. The SMILES string of the molecule is O=[N+]([O-])c1nccn1[C@H]1C=C[C@H](O)[C@H](CO)O1. The number of hydrogen-bond donors (Lipinski definition) is 2. The molecule has 0 saturated carbocycles. The molecule has 8 nitrogen and oxygen atoms in total. The molecule has 0 aliphatic carbocycles. The first kappa shape index (κ1) is 11.7. The fourth-order valence-electron chi connectivity index (χ4n) is 1.59. The zero-order chi connectivity index (χ0) is 12.4. The smallest absolute Gasteiger partial charge is 0.394 e. The highest BCUT2D eigenvalue weighted by Crippen LogP contribution is 2.24. The Balaban J connectivity index is 2.26. The molecule has 0 aromatic carbocycles. The number of ether oxygens (including phenoxy) is 1. The van der Waals surface area contributed by atoms with Gasteiger partial charge in [0, 0.05) is 0 Å². The van der Waals surface area contributed by atoms with Crippen molar-refractivity contribution < 1.29 is 19.9 Å². The van der Waals surface area contributed by atoms with Gasteiger partial charge in [-0.05, 0) is 11.0 Å². The van der Waals surface area contributed by atoms with E-state index in [-0.39, 0.29) is 12.6 Å². The summed E-state index contributed by atoms with van der Waals surface area (Å²) in [5.41, 5.74) is 0. The standard InChI is InChI=1S/C9H11N3O5/c13-5-7-6(14)1-2-8(17-7)11-4-3-10-9(11)12(15)16/h1-4,6-8,13-14H,5H2/t6-,7-,8+/m0/s1. The minimum absolute atomic E-state index is 0.354. The van der Waals surface area contributed by atoms with Crippen molar-refractivity contribution in [1.29, 1.82) is 0 Å². The summed E-state index contributed by atoms with van der Waals surface area (Å²) in [6, 6.07) is 0. The van der Waals surface area contributed by atoms with Crippen LogP contribution in [0.1, 0.15) is 6.23 Å². The third kappa shape index (κ3) is 2.18. The molecule has 2 heterocycles. The van der Waals surface area contributed by atoms with Crippen molar-refractivity contribution in [1.82, 2.24) is 9.55 Å². The Morgan fingerprint density at radius 3 is 3.00 bits per heavy atom. The summed E-state index contributed by atoms with van der Waals surface area (Å²) >= 11 is 0. The molecule has 0 saturated heterocycles. The first-order chi connectivity index (χ1) is 8.13. The average Bonchev–Trinajstić information content (AvgIpc) is 2.78. The Morgan fingerprint density at radius 2 is 2.35 bits per heavy atom. The lowest BCUT2D eigenvalue weighted by atomic mass is 10.1. The lowest BCUT2D eigenvalue weighted by molar-refractivity contribution is -0.398. The van der Waals surface area contributed by atoms with Crippen LogP contribution in [0.25, 0.3) is 0 Å². The van der Waals surface area contributed by atoms with E-state index in [1.807, 2.05) is 0 Å². The molecule has 1 aromatic heterocycles. The van der Waals surface area contributed by atoms with E-state index in [4.69, 9.17) is 9.84 Å². The number of aliphatic hydroxyl groups is 2. The van der Waals surface area contributed by atoms with Gasteiger partial charge in [-0.15, -0.1) is 0 Å². The van der Waals surface area contributed by atoms with E-state index in [1.54, 1.807) is 0 Å². The van der Waals surface area contributed by atoms with Gasteiger partial charge in [0.2, 0.25) is 6.23 Å². The van der Waals surface area contributed by atoms with E-state index in [1.165, 1.54) is 29.1 Å². The molecule has 17 heavy (non-hydrogen) atoms. The number of hydrogen-bond acceptors (Lipinski definition) is 6. The number of nitrogens with zero attached hydrogens (tertiary/aromatic N) is 3. The highest BCUT2D eigenvalue weighted by Gasteiger charge is 2.30. The molecule has 0 fully saturated rings. The van der Waals surface area contributed by atoms with Crippen molar-refractivity contribution in [2.75, 3.05) is 6.61 Å². The largest absolute Gasteiger partial charge is 0.436 e. The van der Waals surface area contributed by atoms with Gasteiger partial charge in [-0.25, -0.2) is 0 Å². The van der Waals surface area contributed by atoms with Crippen LogP contribution in [0.15, 0.2) is 24.5 Å².